The van der Waals surface area contributed by atoms with Crippen molar-refractivity contribution in [1.82, 2.24) is 9.97 Å². The Morgan fingerprint density at radius 1 is 1.18 bits per heavy atom. The third-order valence-corrected chi connectivity index (χ3v) is 5.43. The minimum atomic E-state index is -1.47. The lowest BCUT2D eigenvalue weighted by Gasteiger charge is -2.17. The van der Waals surface area contributed by atoms with E-state index in [1.165, 1.54) is 26.4 Å². The highest BCUT2D eigenvalue weighted by atomic mass is 32.2. The number of fused-ring (bicyclic) bond motifs is 1. The molecule has 0 saturated carbocycles. The summed E-state index contributed by atoms with van der Waals surface area (Å²) in [5.74, 6) is 1.24. The van der Waals surface area contributed by atoms with Crippen LogP contribution >= 0.6 is 0 Å². The first-order valence-electron chi connectivity index (χ1n) is 8.28. The normalized spacial score (nSPS) is 12.0. The number of H-pyrrole nitrogens is 1. The number of nitrogens with zero attached hydrogens (tertiary/aromatic N) is 3. The lowest BCUT2D eigenvalue weighted by Crippen LogP contribution is -2.15. The van der Waals surface area contributed by atoms with Crippen LogP contribution in [0.4, 0.5) is 11.4 Å². The number of imidazole rings is 1. The van der Waals surface area contributed by atoms with Gasteiger partial charge in [0.25, 0.3) is 5.69 Å². The molecule has 28 heavy (non-hydrogen) atoms. The predicted molar refractivity (Wildman–Crippen MR) is 107 cm³/mol. The number of nitro groups is 1. The Bertz CT molecular complexity index is 980. The fourth-order valence-corrected chi connectivity index (χ4v) is 3.92. The third-order valence-electron chi connectivity index (χ3n) is 4.23. The van der Waals surface area contributed by atoms with Gasteiger partial charge in [-0.1, -0.05) is 0 Å². The van der Waals surface area contributed by atoms with Crippen molar-refractivity contribution in [3.63, 3.8) is 0 Å². The van der Waals surface area contributed by atoms with Gasteiger partial charge in [0, 0.05) is 55.1 Å². The number of rotatable bonds is 7. The summed E-state index contributed by atoms with van der Waals surface area (Å²) in [6.07, 6.45) is 0. The van der Waals surface area contributed by atoms with Gasteiger partial charge in [0.2, 0.25) is 0 Å². The minimum absolute atomic E-state index is 0.0128. The average Bonchev–Trinajstić information content (AvgIpc) is 3.09. The van der Waals surface area contributed by atoms with Crippen LogP contribution in [0.25, 0.3) is 11.0 Å². The van der Waals surface area contributed by atoms with Crippen LogP contribution in [-0.2, 0) is 16.9 Å². The number of methoxy groups -OCH3 is 2. The number of aromatic amines is 1. The van der Waals surface area contributed by atoms with Crippen LogP contribution in [-0.4, -0.2) is 47.8 Å². The molecule has 1 unspecified atom stereocenters. The fourth-order valence-electron chi connectivity index (χ4n) is 2.84. The monoisotopic (exact) mass is 404 g/mol. The molecule has 0 saturated heterocycles. The molecule has 9 nitrogen and oxygen atoms in total. The van der Waals surface area contributed by atoms with Crippen LogP contribution < -0.4 is 14.4 Å². The minimum Gasteiger partial charge on any atom is -0.609 e. The van der Waals surface area contributed by atoms with Gasteiger partial charge in [-0.2, -0.15) is 4.98 Å². The first kappa shape index (κ1) is 19.8. The molecule has 2 aromatic carbocycles. The molecule has 0 aliphatic heterocycles. The summed E-state index contributed by atoms with van der Waals surface area (Å²) in [6.45, 7) is 0. The molecule has 0 bridgehead atoms. The van der Waals surface area contributed by atoms with Gasteiger partial charge in [0.15, 0.2) is 11.5 Å². The summed E-state index contributed by atoms with van der Waals surface area (Å²) < 4.78 is 23.4. The molecule has 148 valence electrons. The predicted octanol–water partition coefficient (Wildman–Crippen LogP) is 2.86. The van der Waals surface area contributed by atoms with E-state index < -0.39 is 16.1 Å². The van der Waals surface area contributed by atoms with Crippen molar-refractivity contribution in [2.75, 3.05) is 33.2 Å². The number of nitro benzene ring substituents is 1. The zero-order valence-corrected chi connectivity index (χ0v) is 16.7. The number of ether oxygens (including phenoxy) is 2. The quantitative estimate of drug-likeness (QED) is 0.365. The van der Waals surface area contributed by atoms with Crippen molar-refractivity contribution in [3.8, 4) is 11.5 Å². The smallest absolute Gasteiger partial charge is 0.321 e. The van der Waals surface area contributed by atoms with Gasteiger partial charge < -0.3 is 18.9 Å². The van der Waals surface area contributed by atoms with E-state index in [4.69, 9.17) is 9.47 Å². The molecule has 1 N–H and O–H groups in total. The topological polar surface area (TPSA) is 117 Å². The summed E-state index contributed by atoms with van der Waals surface area (Å²) in [5, 5.41) is 11.3. The van der Waals surface area contributed by atoms with Gasteiger partial charge in [0.1, 0.15) is 5.75 Å². The molecule has 0 fully saturated rings. The summed E-state index contributed by atoms with van der Waals surface area (Å²) in [6, 6.07) is 7.95. The van der Waals surface area contributed by atoms with Crippen molar-refractivity contribution < 1.29 is 18.9 Å². The number of hydrogen-bond acceptors (Lipinski definition) is 7. The lowest BCUT2D eigenvalue weighted by molar-refractivity contribution is -0.384. The summed E-state index contributed by atoms with van der Waals surface area (Å²) >= 11 is -1.47. The first-order chi connectivity index (χ1) is 13.3. The van der Waals surface area contributed by atoms with Gasteiger partial charge in [-0.05, 0) is 6.07 Å². The maximum absolute atomic E-state index is 12.9. The van der Waals surface area contributed by atoms with Crippen molar-refractivity contribution in [1.29, 1.82) is 0 Å². The zero-order chi connectivity index (χ0) is 20.4. The highest BCUT2D eigenvalue weighted by molar-refractivity contribution is 7.90. The third kappa shape index (κ3) is 3.82. The lowest BCUT2D eigenvalue weighted by atomic mass is 10.1. The molecule has 3 aromatic rings. The Balaban J connectivity index is 1.92. The number of aromatic nitrogens is 2. The van der Waals surface area contributed by atoms with Crippen LogP contribution in [0.2, 0.25) is 0 Å². The van der Waals surface area contributed by atoms with Crippen molar-refractivity contribution >= 4 is 33.6 Å². The van der Waals surface area contributed by atoms with Gasteiger partial charge in [0.05, 0.1) is 35.9 Å². The number of benzene rings is 2. The molecule has 1 atom stereocenters. The molecule has 0 aliphatic rings. The molecule has 0 spiro atoms. The van der Waals surface area contributed by atoms with Crippen LogP contribution in [0.3, 0.4) is 0 Å². The Hall–Kier alpha value is -2.98. The standard InChI is InChI=1S/C18H20N4O5S/c1-21(2)15-7-12(22(23)24)6-5-11(15)10-28(25)18-19-13-8-16(26-3)17(27-4)9-14(13)20-18/h5-9H,10H2,1-4H3,(H,19,20). The molecular weight excluding hydrogens is 384 g/mol. The first-order valence-corrected chi connectivity index (χ1v) is 9.60. The van der Waals surface area contributed by atoms with E-state index in [1.807, 2.05) is 0 Å². The molecule has 0 aliphatic carbocycles. The number of non-ortho nitro benzene ring substituents is 1. The SMILES string of the molecule is COc1cc2nc([S+]([O-])Cc3ccc([N+](=O)[O-])cc3N(C)C)[nH]c2cc1OC. The number of hydrogen-bond donors (Lipinski definition) is 1. The van der Waals surface area contributed by atoms with Gasteiger partial charge in [-0.25, -0.2) is 0 Å². The van der Waals surface area contributed by atoms with Gasteiger partial charge in [-0.15, -0.1) is 0 Å². The van der Waals surface area contributed by atoms with E-state index in [9.17, 15) is 14.7 Å². The summed E-state index contributed by atoms with van der Waals surface area (Å²) in [4.78, 5) is 19.8. The van der Waals surface area contributed by atoms with Crippen molar-refractivity contribution in [2.24, 2.45) is 0 Å². The molecule has 1 heterocycles. The largest absolute Gasteiger partial charge is 0.609 e. The van der Waals surface area contributed by atoms with E-state index in [0.29, 0.717) is 33.4 Å². The van der Waals surface area contributed by atoms with Gasteiger partial charge >= 0.3 is 5.16 Å². The Morgan fingerprint density at radius 3 is 2.46 bits per heavy atom. The fraction of sp³-hybridized carbons (Fsp3) is 0.278. The molecule has 10 heteroatoms. The second-order valence-electron chi connectivity index (χ2n) is 6.22. The van der Waals surface area contributed by atoms with E-state index in [0.717, 1.165) is 5.56 Å². The van der Waals surface area contributed by atoms with Crippen molar-refractivity contribution in [3.05, 3.63) is 46.0 Å². The highest BCUT2D eigenvalue weighted by Crippen LogP contribution is 2.32. The second kappa shape index (κ2) is 7.95. The van der Waals surface area contributed by atoms with E-state index in [2.05, 4.69) is 9.97 Å². The molecule has 0 radical (unpaired) electrons. The van der Waals surface area contributed by atoms with Crippen LogP contribution in [0.5, 0.6) is 11.5 Å². The van der Waals surface area contributed by atoms with Crippen LogP contribution in [0, 0.1) is 10.1 Å². The number of nitrogens with one attached hydrogen (secondary N) is 1. The Morgan fingerprint density at radius 2 is 1.86 bits per heavy atom. The van der Waals surface area contributed by atoms with E-state index in [1.54, 1.807) is 37.2 Å². The zero-order valence-electron chi connectivity index (χ0n) is 15.9. The highest BCUT2D eigenvalue weighted by Gasteiger charge is 2.22. The maximum Gasteiger partial charge on any atom is 0.321 e. The molecule has 0 amide bonds. The Labute approximate surface area is 164 Å². The van der Waals surface area contributed by atoms with E-state index in [-0.39, 0.29) is 11.4 Å². The van der Waals surface area contributed by atoms with Crippen LogP contribution in [0.15, 0.2) is 35.5 Å². The second-order valence-corrected chi connectivity index (χ2v) is 7.59. The van der Waals surface area contributed by atoms with Crippen molar-refractivity contribution in [2.45, 2.75) is 10.9 Å². The number of anilines is 1. The van der Waals surface area contributed by atoms with Crippen LogP contribution in [0.1, 0.15) is 5.56 Å². The molecule has 3 rings (SSSR count). The average molecular weight is 404 g/mol. The van der Waals surface area contributed by atoms with Gasteiger partial charge in [-0.3, -0.25) is 15.1 Å². The van der Waals surface area contributed by atoms with E-state index >= 15 is 0 Å². The summed E-state index contributed by atoms with van der Waals surface area (Å²) in [7, 11) is 6.64. The maximum atomic E-state index is 12.9. The molecule has 1 aromatic heterocycles. The summed E-state index contributed by atoms with van der Waals surface area (Å²) in [5.41, 5.74) is 2.64. The Kier molecular flexibility index (Phi) is 5.61. The molecular formula is C18H20N4O5S.